The van der Waals surface area contributed by atoms with E-state index in [4.69, 9.17) is 11.6 Å². The average Bonchev–Trinajstić information content (AvgIpc) is 3.15. The topological polar surface area (TPSA) is 85.0 Å². The van der Waals surface area contributed by atoms with Crippen molar-refractivity contribution in [3.63, 3.8) is 0 Å². The number of piperidine rings is 1. The normalized spacial score (nSPS) is 16.4. The highest BCUT2D eigenvalue weighted by Gasteiger charge is 2.26. The molecule has 0 unspecified atom stereocenters. The van der Waals surface area contributed by atoms with Crippen LogP contribution in [0.1, 0.15) is 60.2 Å². The molecule has 0 saturated carbocycles. The van der Waals surface area contributed by atoms with Gasteiger partial charge in [0.05, 0.1) is 16.1 Å². The summed E-state index contributed by atoms with van der Waals surface area (Å²) >= 11 is 6.21. The number of nitrogens with zero attached hydrogens (tertiary/aromatic N) is 3. The first-order valence-corrected chi connectivity index (χ1v) is 13.5. The monoisotopic (exact) mass is 525 g/mol. The fraction of sp³-hybridized carbons (Fsp3) is 0.464. The maximum absolute atomic E-state index is 13.7. The Hall–Kier alpha value is -3.26. The predicted molar refractivity (Wildman–Crippen MR) is 148 cm³/mol. The Morgan fingerprint density at radius 1 is 0.811 bits per heavy atom. The zero-order chi connectivity index (χ0) is 26.4. The van der Waals surface area contributed by atoms with Crippen LogP contribution in [0.5, 0.6) is 0 Å². The summed E-state index contributed by atoms with van der Waals surface area (Å²) in [5.74, 6) is -0.349. The van der Waals surface area contributed by atoms with Crippen molar-refractivity contribution >= 4 is 40.8 Å². The Kier molecular flexibility index (Phi) is 8.92. The molecule has 2 aliphatic heterocycles. The summed E-state index contributed by atoms with van der Waals surface area (Å²) in [6, 6.07) is 12.4. The van der Waals surface area contributed by atoms with E-state index < -0.39 is 0 Å². The molecule has 2 saturated heterocycles. The molecule has 9 heteroatoms. The molecule has 2 aromatic rings. The Morgan fingerprint density at radius 2 is 1.54 bits per heavy atom. The molecule has 0 radical (unpaired) electrons. The number of benzene rings is 2. The number of rotatable bonds is 5. The lowest BCUT2D eigenvalue weighted by Gasteiger charge is -2.30. The van der Waals surface area contributed by atoms with E-state index in [-0.39, 0.29) is 23.9 Å². The molecule has 198 valence electrons. The van der Waals surface area contributed by atoms with Gasteiger partial charge < -0.3 is 25.3 Å². The lowest BCUT2D eigenvalue weighted by Crippen LogP contribution is -2.44. The Bertz CT molecular complexity index is 1130. The Morgan fingerprint density at radius 3 is 2.27 bits per heavy atom. The van der Waals surface area contributed by atoms with Crippen LogP contribution in [0.4, 0.5) is 16.2 Å². The number of nitrogens with one attached hydrogen (secondary N) is 2. The molecular formula is C28H36ClN5O3. The van der Waals surface area contributed by atoms with Crippen LogP contribution in [-0.4, -0.2) is 73.0 Å². The maximum atomic E-state index is 13.7. The average molecular weight is 526 g/mol. The van der Waals surface area contributed by atoms with Gasteiger partial charge in [-0.1, -0.05) is 23.7 Å². The molecule has 2 N–H and O–H groups in total. The lowest BCUT2D eigenvalue weighted by molar-refractivity contribution is 0.0724. The van der Waals surface area contributed by atoms with Crippen LogP contribution >= 0.6 is 11.6 Å². The smallest absolute Gasteiger partial charge is 0.317 e. The summed E-state index contributed by atoms with van der Waals surface area (Å²) in [7, 11) is 0. The number of likely N-dealkylation sites (tertiary alicyclic amines) is 1. The molecule has 0 aliphatic carbocycles. The summed E-state index contributed by atoms with van der Waals surface area (Å²) in [6.45, 7) is 7.96. The van der Waals surface area contributed by atoms with E-state index >= 15 is 0 Å². The summed E-state index contributed by atoms with van der Waals surface area (Å²) in [6.07, 6.45) is 3.92. The fourth-order valence-electron chi connectivity index (χ4n) is 4.87. The molecule has 0 aromatic heterocycles. The number of amides is 4. The minimum absolute atomic E-state index is 0.0257. The molecular weight excluding hydrogens is 490 g/mol. The maximum Gasteiger partial charge on any atom is 0.317 e. The number of carbonyl (C=O) groups is 3. The van der Waals surface area contributed by atoms with Crippen molar-refractivity contribution < 1.29 is 14.4 Å². The predicted octanol–water partition coefficient (Wildman–Crippen LogP) is 4.85. The van der Waals surface area contributed by atoms with Crippen molar-refractivity contribution in [2.45, 2.75) is 45.6 Å². The van der Waals surface area contributed by atoms with Crippen LogP contribution in [0.2, 0.25) is 5.02 Å². The van der Waals surface area contributed by atoms with E-state index in [0.29, 0.717) is 41.5 Å². The molecule has 0 spiro atoms. The summed E-state index contributed by atoms with van der Waals surface area (Å²) in [4.78, 5) is 45.1. The molecule has 4 amide bonds. The van der Waals surface area contributed by atoms with Crippen molar-refractivity contribution in [1.29, 1.82) is 0 Å². The van der Waals surface area contributed by atoms with Gasteiger partial charge in [-0.2, -0.15) is 0 Å². The van der Waals surface area contributed by atoms with E-state index in [2.05, 4.69) is 15.5 Å². The molecule has 0 atom stereocenters. The van der Waals surface area contributed by atoms with Crippen LogP contribution in [-0.2, 0) is 0 Å². The van der Waals surface area contributed by atoms with Gasteiger partial charge in [0.15, 0.2) is 0 Å². The van der Waals surface area contributed by atoms with Crippen molar-refractivity contribution in [2.75, 3.05) is 49.5 Å². The highest BCUT2D eigenvalue weighted by atomic mass is 35.5. The third kappa shape index (κ3) is 6.74. The number of hydrogen-bond acceptors (Lipinski definition) is 4. The standard InChI is InChI=1S/C28H36ClN5O3/c1-20(2)30-28(37)34-16-8-15-32(17-18-34)25-12-11-21(31-26(35)22-9-4-5-10-24(22)29)19-23(25)27(36)33-13-6-3-7-14-33/h4-5,9-12,19-20H,3,6-8,13-18H2,1-2H3,(H,30,37)(H,31,35). The third-order valence-electron chi connectivity index (χ3n) is 6.78. The van der Waals surface area contributed by atoms with Gasteiger partial charge in [-0.3, -0.25) is 9.59 Å². The quantitative estimate of drug-likeness (QED) is 0.584. The summed E-state index contributed by atoms with van der Waals surface area (Å²) in [5.41, 5.74) is 2.32. The van der Waals surface area contributed by atoms with E-state index in [9.17, 15) is 14.4 Å². The highest BCUT2D eigenvalue weighted by Crippen LogP contribution is 2.29. The van der Waals surface area contributed by atoms with Crippen LogP contribution in [0.15, 0.2) is 42.5 Å². The molecule has 2 heterocycles. The Labute approximate surface area is 223 Å². The second-order valence-electron chi connectivity index (χ2n) is 9.95. The van der Waals surface area contributed by atoms with E-state index in [0.717, 1.165) is 51.0 Å². The molecule has 37 heavy (non-hydrogen) atoms. The van der Waals surface area contributed by atoms with Gasteiger partial charge in [-0.25, -0.2) is 4.79 Å². The van der Waals surface area contributed by atoms with Crippen LogP contribution < -0.4 is 15.5 Å². The van der Waals surface area contributed by atoms with Crippen LogP contribution in [0.25, 0.3) is 0 Å². The van der Waals surface area contributed by atoms with Crippen molar-refractivity contribution in [3.8, 4) is 0 Å². The summed E-state index contributed by atoms with van der Waals surface area (Å²) in [5, 5.41) is 6.25. The van der Waals surface area contributed by atoms with Gasteiger partial charge in [0.25, 0.3) is 11.8 Å². The molecule has 4 rings (SSSR count). The van der Waals surface area contributed by atoms with Crippen LogP contribution in [0.3, 0.4) is 0 Å². The molecule has 2 aliphatic rings. The second kappa shape index (κ2) is 12.3. The van der Waals surface area contributed by atoms with Crippen molar-refractivity contribution in [2.24, 2.45) is 0 Å². The second-order valence-corrected chi connectivity index (χ2v) is 10.4. The number of carbonyl (C=O) groups excluding carboxylic acids is 3. The zero-order valence-electron chi connectivity index (χ0n) is 21.6. The first-order chi connectivity index (χ1) is 17.8. The highest BCUT2D eigenvalue weighted by molar-refractivity contribution is 6.34. The van der Waals surface area contributed by atoms with Gasteiger partial charge >= 0.3 is 6.03 Å². The van der Waals surface area contributed by atoms with Crippen LogP contribution in [0, 0.1) is 0 Å². The van der Waals surface area contributed by atoms with Crippen molar-refractivity contribution in [3.05, 3.63) is 58.6 Å². The van der Waals surface area contributed by atoms with Gasteiger partial charge in [-0.05, 0) is 69.9 Å². The van der Waals surface area contributed by atoms with E-state index in [1.54, 1.807) is 30.3 Å². The zero-order valence-corrected chi connectivity index (χ0v) is 22.4. The summed E-state index contributed by atoms with van der Waals surface area (Å²) < 4.78 is 0. The van der Waals surface area contributed by atoms with E-state index in [1.165, 1.54) is 0 Å². The molecule has 0 bridgehead atoms. The van der Waals surface area contributed by atoms with Gasteiger partial charge in [-0.15, -0.1) is 0 Å². The minimum atomic E-state index is -0.323. The minimum Gasteiger partial charge on any atom is -0.369 e. The number of hydrogen-bond donors (Lipinski definition) is 2. The first kappa shape index (κ1) is 26.8. The van der Waals surface area contributed by atoms with Gasteiger partial charge in [0.1, 0.15) is 0 Å². The van der Waals surface area contributed by atoms with Gasteiger partial charge in [0, 0.05) is 56.7 Å². The number of urea groups is 1. The van der Waals surface area contributed by atoms with Crippen molar-refractivity contribution in [1.82, 2.24) is 15.1 Å². The number of anilines is 2. The first-order valence-electron chi connectivity index (χ1n) is 13.1. The molecule has 2 fully saturated rings. The SMILES string of the molecule is CC(C)NC(=O)N1CCCN(c2ccc(NC(=O)c3ccccc3Cl)cc2C(=O)N2CCCCC2)CC1. The Balaban J connectivity index is 1.58. The fourth-order valence-corrected chi connectivity index (χ4v) is 5.09. The third-order valence-corrected chi connectivity index (χ3v) is 7.11. The molecule has 8 nitrogen and oxygen atoms in total. The van der Waals surface area contributed by atoms with E-state index in [1.807, 2.05) is 35.8 Å². The lowest BCUT2D eigenvalue weighted by atomic mass is 10.1. The molecule has 2 aromatic carbocycles. The largest absolute Gasteiger partial charge is 0.369 e. The van der Waals surface area contributed by atoms with Gasteiger partial charge in [0.2, 0.25) is 0 Å². The number of halogens is 1.